The molecule has 138 valence electrons. The molecule has 1 aliphatic rings. The third-order valence-corrected chi connectivity index (χ3v) is 5.30. The molecule has 1 aromatic heterocycles. The molecule has 3 rings (SSSR count). The number of amides is 1. The number of benzene rings is 1. The number of aromatic nitrogens is 2. The van der Waals surface area contributed by atoms with Crippen LogP contribution in [0.4, 0.5) is 4.39 Å². The van der Waals surface area contributed by atoms with Crippen LogP contribution >= 0.6 is 15.9 Å². The van der Waals surface area contributed by atoms with Gasteiger partial charge in [-0.25, -0.2) is 4.39 Å². The topological polar surface area (TPSA) is 55.3 Å². The van der Waals surface area contributed by atoms with Gasteiger partial charge in [0.15, 0.2) is 0 Å². The van der Waals surface area contributed by atoms with Crippen molar-refractivity contribution in [2.45, 2.75) is 26.2 Å². The number of ether oxygens (including phenoxy) is 1. The zero-order chi connectivity index (χ0) is 18.5. The van der Waals surface area contributed by atoms with E-state index >= 15 is 0 Å². The Balaban J connectivity index is 1.45. The van der Waals surface area contributed by atoms with Crippen molar-refractivity contribution in [3.63, 3.8) is 0 Å². The molecule has 0 bridgehead atoms. The van der Waals surface area contributed by atoms with E-state index in [4.69, 9.17) is 4.74 Å². The second-order valence-corrected chi connectivity index (χ2v) is 7.41. The van der Waals surface area contributed by atoms with E-state index in [-0.39, 0.29) is 18.1 Å². The normalized spacial score (nSPS) is 15.1. The van der Waals surface area contributed by atoms with E-state index in [9.17, 15) is 9.18 Å². The van der Waals surface area contributed by atoms with Crippen molar-refractivity contribution in [2.24, 2.45) is 5.92 Å². The maximum Gasteiger partial charge on any atom is 0.233 e. The highest BCUT2D eigenvalue weighted by atomic mass is 79.9. The fraction of sp³-hybridized carbons (Fsp3) is 0.421. The summed E-state index contributed by atoms with van der Waals surface area (Å²) in [6.45, 7) is 3.90. The molecule has 26 heavy (non-hydrogen) atoms. The molecule has 0 spiro atoms. The first-order chi connectivity index (χ1) is 12.5. The fourth-order valence-corrected chi connectivity index (χ4v) is 3.45. The molecule has 0 radical (unpaired) electrons. The molecule has 1 saturated heterocycles. The van der Waals surface area contributed by atoms with Gasteiger partial charge in [-0.2, -0.15) is 5.10 Å². The number of aryl methyl sites for hydroxylation is 1. The number of likely N-dealkylation sites (tertiary alicyclic amines) is 1. The molecule has 1 fully saturated rings. The van der Waals surface area contributed by atoms with E-state index in [2.05, 4.69) is 26.1 Å². The van der Waals surface area contributed by atoms with Crippen LogP contribution in [0.25, 0.3) is 0 Å². The van der Waals surface area contributed by atoms with Crippen LogP contribution in [0.2, 0.25) is 0 Å². The second-order valence-electron chi connectivity index (χ2n) is 6.56. The summed E-state index contributed by atoms with van der Waals surface area (Å²) in [5, 5.41) is 7.97. The van der Waals surface area contributed by atoms with Gasteiger partial charge in [-0.1, -0.05) is 22.0 Å². The van der Waals surface area contributed by atoms with Crippen LogP contribution in [-0.2, 0) is 11.2 Å². The van der Waals surface area contributed by atoms with Gasteiger partial charge in [0.25, 0.3) is 0 Å². The van der Waals surface area contributed by atoms with Gasteiger partial charge < -0.3 is 9.64 Å². The lowest BCUT2D eigenvalue weighted by molar-refractivity contribution is -0.132. The van der Waals surface area contributed by atoms with Crippen molar-refractivity contribution in [2.75, 3.05) is 19.7 Å². The van der Waals surface area contributed by atoms with Crippen molar-refractivity contribution in [3.8, 4) is 5.88 Å². The minimum atomic E-state index is -0.313. The second kappa shape index (κ2) is 8.58. The molecule has 1 aliphatic heterocycles. The van der Waals surface area contributed by atoms with E-state index in [0.29, 0.717) is 36.0 Å². The maximum atomic E-state index is 13.2. The average Bonchev–Trinajstić information content (AvgIpc) is 2.64. The predicted molar refractivity (Wildman–Crippen MR) is 99.4 cm³/mol. The molecule has 0 atom stereocenters. The Labute approximate surface area is 160 Å². The summed E-state index contributed by atoms with van der Waals surface area (Å²) < 4.78 is 19.5. The number of nitrogens with zero attached hydrogens (tertiary/aromatic N) is 3. The molecule has 5 nitrogen and oxygen atoms in total. The Morgan fingerprint density at radius 2 is 2.04 bits per heavy atom. The van der Waals surface area contributed by atoms with Crippen molar-refractivity contribution in [1.29, 1.82) is 0 Å². The highest BCUT2D eigenvalue weighted by molar-refractivity contribution is 9.10. The van der Waals surface area contributed by atoms with E-state index < -0.39 is 0 Å². The summed E-state index contributed by atoms with van der Waals surface area (Å²) in [7, 11) is 0. The van der Waals surface area contributed by atoms with E-state index in [1.165, 1.54) is 12.1 Å². The summed E-state index contributed by atoms with van der Waals surface area (Å²) in [4.78, 5) is 14.4. The van der Waals surface area contributed by atoms with Gasteiger partial charge >= 0.3 is 0 Å². The molecule has 0 aliphatic carbocycles. The lowest BCUT2D eigenvalue weighted by Crippen LogP contribution is -2.40. The minimum absolute atomic E-state index is 0.0704. The Morgan fingerprint density at radius 3 is 2.69 bits per heavy atom. The molecule has 0 saturated carbocycles. The zero-order valence-electron chi connectivity index (χ0n) is 14.6. The molecule has 2 heterocycles. The van der Waals surface area contributed by atoms with Gasteiger partial charge in [0.2, 0.25) is 11.8 Å². The van der Waals surface area contributed by atoms with Crippen molar-refractivity contribution >= 4 is 21.8 Å². The highest BCUT2D eigenvalue weighted by Crippen LogP contribution is 2.22. The number of rotatable bonds is 5. The zero-order valence-corrected chi connectivity index (χ0v) is 16.2. The molecule has 0 N–H and O–H groups in total. The van der Waals surface area contributed by atoms with Gasteiger partial charge in [-0.05, 0) is 49.4 Å². The monoisotopic (exact) mass is 421 g/mol. The van der Waals surface area contributed by atoms with Crippen molar-refractivity contribution in [1.82, 2.24) is 15.1 Å². The van der Waals surface area contributed by atoms with Crippen LogP contribution in [0.5, 0.6) is 5.88 Å². The first-order valence-corrected chi connectivity index (χ1v) is 9.45. The first kappa shape index (κ1) is 18.8. The highest BCUT2D eigenvalue weighted by Gasteiger charge is 2.23. The third-order valence-electron chi connectivity index (χ3n) is 4.56. The summed E-state index contributed by atoms with van der Waals surface area (Å²) in [5.74, 6) is 0.697. The van der Waals surface area contributed by atoms with Crippen molar-refractivity contribution in [3.05, 3.63) is 51.9 Å². The molecule has 1 amide bonds. The SMILES string of the molecule is Cc1ccc(OCC2CCN(C(=O)Cc3ccc(F)cc3Br)CC2)nn1. The van der Waals surface area contributed by atoms with Crippen LogP contribution in [0.15, 0.2) is 34.8 Å². The van der Waals surface area contributed by atoms with Gasteiger partial charge in [-0.15, -0.1) is 5.10 Å². The number of hydrogen-bond donors (Lipinski definition) is 0. The van der Waals surface area contributed by atoms with Gasteiger partial charge in [-0.3, -0.25) is 4.79 Å². The van der Waals surface area contributed by atoms with Crippen LogP contribution in [0.3, 0.4) is 0 Å². The largest absolute Gasteiger partial charge is 0.476 e. The molecular weight excluding hydrogens is 401 g/mol. The predicted octanol–water partition coefficient (Wildman–Crippen LogP) is 3.55. The Kier molecular flexibility index (Phi) is 6.19. The number of hydrogen-bond acceptors (Lipinski definition) is 4. The molecule has 2 aromatic rings. The minimum Gasteiger partial charge on any atom is -0.476 e. The quantitative estimate of drug-likeness (QED) is 0.740. The molecule has 0 unspecified atom stereocenters. The summed E-state index contributed by atoms with van der Waals surface area (Å²) in [6, 6.07) is 8.12. The maximum absolute atomic E-state index is 13.2. The van der Waals surface area contributed by atoms with E-state index in [1.54, 1.807) is 6.07 Å². The summed E-state index contributed by atoms with van der Waals surface area (Å²) in [5.41, 5.74) is 1.66. The van der Waals surface area contributed by atoms with Crippen LogP contribution in [0, 0.1) is 18.7 Å². The van der Waals surface area contributed by atoms with Gasteiger partial charge in [0.05, 0.1) is 18.7 Å². The number of halogens is 2. The van der Waals surface area contributed by atoms with Crippen LogP contribution in [0.1, 0.15) is 24.1 Å². The molecule has 7 heteroatoms. The smallest absolute Gasteiger partial charge is 0.233 e. The Bertz CT molecular complexity index is 762. The summed E-state index contributed by atoms with van der Waals surface area (Å²) >= 11 is 3.32. The van der Waals surface area contributed by atoms with E-state index in [1.807, 2.05) is 24.0 Å². The lowest BCUT2D eigenvalue weighted by atomic mass is 9.97. The summed E-state index contributed by atoms with van der Waals surface area (Å²) in [6.07, 6.45) is 2.08. The number of carbonyl (C=O) groups excluding carboxylic acids is 1. The van der Waals surface area contributed by atoms with Crippen molar-refractivity contribution < 1.29 is 13.9 Å². The third kappa shape index (κ3) is 5.00. The van der Waals surface area contributed by atoms with Gasteiger partial charge in [0.1, 0.15) is 5.82 Å². The first-order valence-electron chi connectivity index (χ1n) is 8.66. The average molecular weight is 422 g/mol. The molecular formula is C19H21BrFN3O2. The van der Waals surface area contributed by atoms with E-state index in [0.717, 1.165) is 24.1 Å². The number of carbonyl (C=O) groups is 1. The lowest BCUT2D eigenvalue weighted by Gasteiger charge is -2.32. The standard InChI is InChI=1S/C19H21BrFN3O2/c1-13-2-5-18(23-22-13)26-12-14-6-8-24(9-7-14)19(25)10-15-3-4-16(21)11-17(15)20/h2-5,11,14H,6-10,12H2,1H3. The van der Waals surface area contributed by atoms with Crippen LogP contribution in [-0.4, -0.2) is 40.7 Å². The fourth-order valence-electron chi connectivity index (χ4n) is 2.96. The van der Waals surface area contributed by atoms with Crippen LogP contribution < -0.4 is 4.74 Å². The van der Waals surface area contributed by atoms with Gasteiger partial charge in [0, 0.05) is 23.6 Å². The molecule has 1 aromatic carbocycles. The Morgan fingerprint density at radius 1 is 1.27 bits per heavy atom. The number of piperidine rings is 1. The Hall–Kier alpha value is -2.02.